The third kappa shape index (κ3) is 3.76. The van der Waals surface area contributed by atoms with E-state index in [0.29, 0.717) is 13.0 Å². The Kier molecular flexibility index (Phi) is 4.69. The van der Waals surface area contributed by atoms with Gasteiger partial charge in [0.05, 0.1) is 19.1 Å². The number of rotatable bonds is 4. The fourth-order valence-corrected chi connectivity index (χ4v) is 3.62. The molecule has 0 radical (unpaired) electrons. The third-order valence-corrected chi connectivity index (χ3v) is 4.64. The number of nitrogens with zero attached hydrogens (tertiary/aromatic N) is 1. The zero-order chi connectivity index (χ0) is 18.2. The molecular weight excluding hydrogens is 318 g/mol. The van der Waals surface area contributed by atoms with E-state index in [1.807, 2.05) is 51.1 Å². The zero-order valence-electron chi connectivity index (χ0n) is 15.2. The molecule has 0 spiro atoms. The highest BCUT2D eigenvalue weighted by molar-refractivity contribution is 5.99. The summed E-state index contributed by atoms with van der Waals surface area (Å²) in [5.41, 5.74) is 0.504. The van der Waals surface area contributed by atoms with Crippen molar-refractivity contribution in [2.24, 2.45) is 5.92 Å². The van der Waals surface area contributed by atoms with Crippen molar-refractivity contribution in [3.05, 3.63) is 42.0 Å². The molecule has 0 saturated carbocycles. The Morgan fingerprint density at radius 3 is 2.76 bits per heavy atom. The van der Waals surface area contributed by atoms with Crippen LogP contribution in [-0.4, -0.2) is 41.4 Å². The lowest BCUT2D eigenvalue weighted by molar-refractivity contribution is -0.161. The molecule has 5 nitrogen and oxygen atoms in total. The summed E-state index contributed by atoms with van der Waals surface area (Å²) in [5, 5.41) is 0. The van der Waals surface area contributed by atoms with E-state index >= 15 is 0 Å². The Hall–Kier alpha value is -2.14. The van der Waals surface area contributed by atoms with Crippen LogP contribution in [0.1, 0.15) is 32.8 Å². The van der Waals surface area contributed by atoms with Gasteiger partial charge in [-0.1, -0.05) is 18.2 Å². The first-order chi connectivity index (χ1) is 11.8. The molecule has 134 valence electrons. The monoisotopic (exact) mass is 343 g/mol. The molecule has 3 rings (SSSR count). The van der Waals surface area contributed by atoms with Crippen LogP contribution in [0, 0.1) is 5.92 Å². The molecule has 1 aromatic rings. The molecule has 0 aliphatic carbocycles. The van der Waals surface area contributed by atoms with Gasteiger partial charge in [-0.3, -0.25) is 14.5 Å². The molecule has 2 aliphatic rings. The van der Waals surface area contributed by atoms with Gasteiger partial charge < -0.3 is 9.47 Å². The van der Waals surface area contributed by atoms with Crippen LogP contribution in [-0.2, 0) is 20.9 Å². The van der Waals surface area contributed by atoms with Crippen molar-refractivity contribution >= 4 is 11.8 Å². The predicted octanol–water partition coefficient (Wildman–Crippen LogP) is 2.73. The average Bonchev–Trinajstić information content (AvgIpc) is 2.79. The molecule has 1 saturated heterocycles. The minimum atomic E-state index is -0.554. The Morgan fingerprint density at radius 2 is 2.08 bits per heavy atom. The van der Waals surface area contributed by atoms with Gasteiger partial charge >= 0.3 is 5.97 Å². The molecule has 0 unspecified atom stereocenters. The molecule has 0 aromatic heterocycles. The van der Waals surface area contributed by atoms with Crippen molar-refractivity contribution in [1.82, 2.24) is 4.90 Å². The first-order valence-corrected chi connectivity index (χ1v) is 8.62. The Balaban J connectivity index is 1.81. The van der Waals surface area contributed by atoms with Gasteiger partial charge in [-0.05, 0) is 51.0 Å². The van der Waals surface area contributed by atoms with Crippen molar-refractivity contribution in [1.29, 1.82) is 0 Å². The van der Waals surface area contributed by atoms with Crippen molar-refractivity contribution in [3.8, 4) is 5.75 Å². The minimum absolute atomic E-state index is 0.0208. The van der Waals surface area contributed by atoms with Crippen LogP contribution in [0.25, 0.3) is 0 Å². The normalized spacial score (nSPS) is 25.9. The fourth-order valence-electron chi connectivity index (χ4n) is 3.62. The van der Waals surface area contributed by atoms with Crippen molar-refractivity contribution < 1.29 is 19.1 Å². The molecule has 1 fully saturated rings. The van der Waals surface area contributed by atoms with Gasteiger partial charge in [0, 0.05) is 12.6 Å². The summed E-state index contributed by atoms with van der Waals surface area (Å²) in [5.74, 6) is 0.0601. The van der Waals surface area contributed by atoms with E-state index in [-0.39, 0.29) is 17.8 Å². The quantitative estimate of drug-likeness (QED) is 0.787. The number of hydrogen-bond donors (Lipinski definition) is 0. The number of fused-ring (bicyclic) bond motifs is 2. The van der Waals surface area contributed by atoms with E-state index in [1.165, 1.54) is 0 Å². The minimum Gasteiger partial charge on any atom is -0.497 e. The van der Waals surface area contributed by atoms with Crippen molar-refractivity contribution in [2.75, 3.05) is 7.11 Å². The number of esters is 1. The molecule has 0 N–H and O–H groups in total. The van der Waals surface area contributed by atoms with Crippen LogP contribution in [0.2, 0.25) is 0 Å². The molecule has 3 atom stereocenters. The lowest BCUT2D eigenvalue weighted by Gasteiger charge is -2.31. The highest BCUT2D eigenvalue weighted by Crippen LogP contribution is 2.37. The second-order valence-electron chi connectivity index (χ2n) is 7.67. The predicted molar refractivity (Wildman–Crippen MR) is 94.2 cm³/mol. The number of carbonyl (C=O) groups is 2. The average molecular weight is 343 g/mol. The van der Waals surface area contributed by atoms with Crippen LogP contribution in [0.3, 0.4) is 0 Å². The molecule has 2 bridgehead atoms. The number of carbonyl (C=O) groups excluding carboxylic acids is 2. The smallest absolute Gasteiger partial charge is 0.311 e. The van der Waals surface area contributed by atoms with E-state index in [2.05, 4.69) is 4.90 Å². The SMILES string of the molecule is COc1cccc(CN2[C@H]3C=CC(=O)[C@H]2[C@H](C(=O)OC(C)(C)C)C3)c1. The second kappa shape index (κ2) is 6.64. The van der Waals surface area contributed by atoms with E-state index in [9.17, 15) is 9.59 Å². The van der Waals surface area contributed by atoms with Crippen LogP contribution < -0.4 is 4.74 Å². The Bertz CT molecular complexity index is 704. The van der Waals surface area contributed by atoms with Crippen LogP contribution in [0.15, 0.2) is 36.4 Å². The highest BCUT2D eigenvalue weighted by Gasteiger charge is 2.50. The number of ether oxygens (including phenoxy) is 2. The molecule has 5 heteroatoms. The lowest BCUT2D eigenvalue weighted by atomic mass is 9.97. The van der Waals surface area contributed by atoms with E-state index in [1.54, 1.807) is 13.2 Å². The fraction of sp³-hybridized carbons (Fsp3) is 0.500. The first-order valence-electron chi connectivity index (χ1n) is 8.62. The summed E-state index contributed by atoms with van der Waals surface area (Å²) in [6, 6.07) is 7.42. The molecule has 2 aliphatic heterocycles. The lowest BCUT2D eigenvalue weighted by Crippen LogP contribution is -2.46. The summed E-state index contributed by atoms with van der Waals surface area (Å²) >= 11 is 0. The molecule has 2 heterocycles. The molecule has 25 heavy (non-hydrogen) atoms. The van der Waals surface area contributed by atoms with Gasteiger partial charge in [0.25, 0.3) is 0 Å². The summed E-state index contributed by atoms with van der Waals surface area (Å²) < 4.78 is 10.8. The van der Waals surface area contributed by atoms with Gasteiger partial charge in [0.15, 0.2) is 5.78 Å². The van der Waals surface area contributed by atoms with Gasteiger partial charge in [0.2, 0.25) is 0 Å². The molecule has 1 aromatic carbocycles. The Labute approximate surface area is 148 Å². The van der Waals surface area contributed by atoms with E-state index in [0.717, 1.165) is 11.3 Å². The molecular formula is C20H25NO4. The van der Waals surface area contributed by atoms with Gasteiger partial charge in [-0.25, -0.2) is 0 Å². The first kappa shape index (κ1) is 17.7. The zero-order valence-corrected chi connectivity index (χ0v) is 15.2. The largest absolute Gasteiger partial charge is 0.497 e. The van der Waals surface area contributed by atoms with Crippen molar-refractivity contribution in [2.45, 2.75) is 51.4 Å². The van der Waals surface area contributed by atoms with Crippen LogP contribution in [0.4, 0.5) is 0 Å². The summed E-state index contributed by atoms with van der Waals surface area (Å²) in [6.45, 7) is 6.14. The summed E-state index contributed by atoms with van der Waals surface area (Å²) in [4.78, 5) is 27.2. The maximum absolute atomic E-state index is 12.6. The van der Waals surface area contributed by atoms with Crippen LogP contribution in [0.5, 0.6) is 5.75 Å². The number of ketones is 1. The highest BCUT2D eigenvalue weighted by atomic mass is 16.6. The summed E-state index contributed by atoms with van der Waals surface area (Å²) in [7, 11) is 1.63. The van der Waals surface area contributed by atoms with Gasteiger partial charge in [0.1, 0.15) is 11.4 Å². The van der Waals surface area contributed by atoms with Gasteiger partial charge in [-0.2, -0.15) is 0 Å². The van der Waals surface area contributed by atoms with Crippen molar-refractivity contribution in [3.63, 3.8) is 0 Å². The van der Waals surface area contributed by atoms with E-state index in [4.69, 9.17) is 9.47 Å². The second-order valence-corrected chi connectivity index (χ2v) is 7.67. The van der Waals surface area contributed by atoms with Gasteiger partial charge in [-0.15, -0.1) is 0 Å². The third-order valence-electron chi connectivity index (χ3n) is 4.64. The number of hydrogen-bond acceptors (Lipinski definition) is 5. The Morgan fingerprint density at radius 1 is 1.32 bits per heavy atom. The van der Waals surface area contributed by atoms with E-state index < -0.39 is 17.6 Å². The summed E-state index contributed by atoms with van der Waals surface area (Å²) in [6.07, 6.45) is 4.14. The molecule has 0 amide bonds. The maximum atomic E-state index is 12.6. The van der Waals surface area contributed by atoms with Crippen LogP contribution >= 0.6 is 0 Å². The number of benzene rings is 1. The topological polar surface area (TPSA) is 55.8 Å². The maximum Gasteiger partial charge on any atom is 0.311 e. The number of methoxy groups -OCH3 is 1. The standard InChI is InChI=1S/C20H25NO4/c1-20(2,3)25-19(23)16-11-14-8-9-17(22)18(16)21(14)12-13-6-5-7-15(10-13)24-4/h5-10,14,16,18H,11-12H2,1-4H3/t14-,16+,18+/m0/s1.